The van der Waals surface area contributed by atoms with Gasteiger partial charge < -0.3 is 0 Å². The average Bonchev–Trinajstić information content (AvgIpc) is 2.85. The van der Waals surface area contributed by atoms with Gasteiger partial charge in [0.2, 0.25) is 5.91 Å². The lowest BCUT2D eigenvalue weighted by atomic mass is 10.2. The first kappa shape index (κ1) is 14.9. The second-order valence-corrected chi connectivity index (χ2v) is 5.48. The minimum Gasteiger partial charge on any atom is -0.273 e. The molecule has 0 saturated heterocycles. The zero-order valence-electron chi connectivity index (χ0n) is 11.5. The van der Waals surface area contributed by atoms with Crippen molar-refractivity contribution in [2.45, 2.75) is 52.9 Å². The van der Waals surface area contributed by atoms with Crippen LogP contribution in [0.15, 0.2) is 17.2 Å². The molecule has 0 bridgehead atoms. The molecule has 18 heavy (non-hydrogen) atoms. The van der Waals surface area contributed by atoms with Crippen LogP contribution in [0.5, 0.6) is 0 Å². The van der Waals surface area contributed by atoms with Crippen LogP contribution >= 0.6 is 11.3 Å². The van der Waals surface area contributed by atoms with E-state index in [1.807, 2.05) is 6.92 Å². The van der Waals surface area contributed by atoms with Gasteiger partial charge in [-0.2, -0.15) is 5.10 Å². The Balaban J connectivity index is 2.43. The van der Waals surface area contributed by atoms with E-state index in [4.69, 9.17) is 0 Å². The van der Waals surface area contributed by atoms with Crippen molar-refractivity contribution in [3.63, 3.8) is 0 Å². The van der Waals surface area contributed by atoms with Crippen LogP contribution in [-0.2, 0) is 11.2 Å². The van der Waals surface area contributed by atoms with Crippen molar-refractivity contribution in [1.82, 2.24) is 5.43 Å². The molecule has 0 atom stereocenters. The lowest BCUT2D eigenvalue weighted by Gasteiger charge is -2.00. The second kappa shape index (κ2) is 8.03. The first-order valence-corrected chi connectivity index (χ1v) is 7.41. The fraction of sp³-hybridized carbons (Fsp3) is 0.571. The molecule has 1 aromatic rings. The number of nitrogens with zero attached hydrogens (tertiary/aromatic N) is 1. The summed E-state index contributed by atoms with van der Waals surface area (Å²) in [7, 11) is 0. The normalized spacial score (nSPS) is 11.6. The van der Waals surface area contributed by atoms with Crippen LogP contribution in [0.4, 0.5) is 0 Å². The van der Waals surface area contributed by atoms with Gasteiger partial charge in [-0.05, 0) is 31.9 Å². The molecular weight excluding hydrogens is 244 g/mol. The predicted molar refractivity (Wildman–Crippen MR) is 78.2 cm³/mol. The van der Waals surface area contributed by atoms with E-state index in [1.54, 1.807) is 11.3 Å². The van der Waals surface area contributed by atoms with E-state index in [0.717, 1.165) is 36.3 Å². The molecule has 1 N–H and O–H groups in total. The van der Waals surface area contributed by atoms with Crippen molar-refractivity contribution in [2.75, 3.05) is 0 Å². The third-order valence-corrected chi connectivity index (χ3v) is 4.06. The van der Waals surface area contributed by atoms with E-state index in [1.165, 1.54) is 4.88 Å². The van der Waals surface area contributed by atoms with Gasteiger partial charge in [0.1, 0.15) is 0 Å². The number of rotatable bonds is 7. The first-order chi connectivity index (χ1) is 8.67. The number of carbonyl (C=O) groups is 1. The summed E-state index contributed by atoms with van der Waals surface area (Å²) in [6, 6.07) is 4.17. The number of amides is 1. The molecule has 0 aliphatic heterocycles. The number of carbonyl (C=O) groups excluding carboxylic acids is 1. The van der Waals surface area contributed by atoms with Crippen molar-refractivity contribution in [1.29, 1.82) is 0 Å². The molecule has 0 radical (unpaired) electrons. The van der Waals surface area contributed by atoms with Gasteiger partial charge in [-0.1, -0.05) is 26.7 Å². The fourth-order valence-corrected chi connectivity index (χ4v) is 2.45. The molecule has 1 aromatic heterocycles. The molecule has 1 amide bonds. The summed E-state index contributed by atoms with van der Waals surface area (Å²) in [6.07, 6.45) is 4.78. The molecule has 0 fully saturated rings. The summed E-state index contributed by atoms with van der Waals surface area (Å²) in [5.74, 6) is 0.00933. The lowest BCUT2D eigenvalue weighted by molar-refractivity contribution is -0.121. The van der Waals surface area contributed by atoms with Crippen LogP contribution in [0.25, 0.3) is 0 Å². The highest BCUT2D eigenvalue weighted by molar-refractivity contribution is 7.14. The zero-order chi connectivity index (χ0) is 13.4. The van der Waals surface area contributed by atoms with Crippen LogP contribution in [0.1, 0.15) is 56.2 Å². The molecule has 0 unspecified atom stereocenters. The molecule has 3 nitrogen and oxygen atoms in total. The monoisotopic (exact) mass is 266 g/mol. The highest BCUT2D eigenvalue weighted by Gasteiger charge is 2.03. The van der Waals surface area contributed by atoms with Crippen molar-refractivity contribution in [3.05, 3.63) is 21.9 Å². The van der Waals surface area contributed by atoms with E-state index in [-0.39, 0.29) is 5.91 Å². The van der Waals surface area contributed by atoms with Crippen LogP contribution in [0.2, 0.25) is 0 Å². The van der Waals surface area contributed by atoms with Crippen LogP contribution in [0, 0.1) is 0 Å². The van der Waals surface area contributed by atoms with E-state index >= 15 is 0 Å². The van der Waals surface area contributed by atoms with Gasteiger partial charge in [-0.15, -0.1) is 11.3 Å². The quantitative estimate of drug-likeness (QED) is 0.456. The Morgan fingerprint density at radius 1 is 1.33 bits per heavy atom. The molecule has 0 spiro atoms. The Hall–Kier alpha value is -1.16. The summed E-state index contributed by atoms with van der Waals surface area (Å²) >= 11 is 1.73. The third kappa shape index (κ3) is 5.00. The Bertz CT molecular complexity index is 410. The standard InChI is InChI=1S/C14H22N2OS/c1-4-6-7-8-14(17)16-15-11(3)13-10-9-12(5-2)18-13/h9-10H,4-8H2,1-3H3,(H,16,17). The average molecular weight is 266 g/mol. The van der Waals surface area contributed by atoms with E-state index in [9.17, 15) is 4.79 Å². The summed E-state index contributed by atoms with van der Waals surface area (Å²) in [5, 5.41) is 4.15. The van der Waals surface area contributed by atoms with Crippen LogP contribution in [-0.4, -0.2) is 11.6 Å². The summed E-state index contributed by atoms with van der Waals surface area (Å²) < 4.78 is 0. The first-order valence-electron chi connectivity index (χ1n) is 6.59. The number of hydrazone groups is 1. The van der Waals surface area contributed by atoms with E-state index in [2.05, 4.69) is 36.5 Å². The van der Waals surface area contributed by atoms with Gasteiger partial charge in [-0.3, -0.25) is 4.79 Å². The Kier molecular flexibility index (Phi) is 6.65. The van der Waals surface area contributed by atoms with Crippen molar-refractivity contribution < 1.29 is 4.79 Å². The molecule has 1 heterocycles. The maximum atomic E-state index is 11.5. The smallest absolute Gasteiger partial charge is 0.240 e. The highest BCUT2D eigenvalue weighted by Crippen LogP contribution is 2.17. The van der Waals surface area contributed by atoms with Gasteiger partial charge in [0.25, 0.3) is 0 Å². The van der Waals surface area contributed by atoms with Crippen LogP contribution < -0.4 is 5.43 Å². The van der Waals surface area contributed by atoms with Gasteiger partial charge in [0, 0.05) is 11.3 Å². The van der Waals surface area contributed by atoms with Crippen molar-refractivity contribution in [3.8, 4) is 0 Å². The zero-order valence-corrected chi connectivity index (χ0v) is 12.3. The largest absolute Gasteiger partial charge is 0.273 e. The molecule has 0 aliphatic carbocycles. The van der Waals surface area contributed by atoms with Gasteiger partial charge in [0.15, 0.2) is 0 Å². The number of thiophene rings is 1. The van der Waals surface area contributed by atoms with Crippen molar-refractivity contribution >= 4 is 23.0 Å². The SMILES string of the molecule is CCCCCC(=O)NN=C(C)c1ccc(CC)s1. The van der Waals surface area contributed by atoms with Gasteiger partial charge >= 0.3 is 0 Å². The summed E-state index contributed by atoms with van der Waals surface area (Å²) in [6.45, 7) is 6.19. The van der Waals surface area contributed by atoms with Crippen LogP contribution in [0.3, 0.4) is 0 Å². The van der Waals surface area contributed by atoms with Crippen molar-refractivity contribution in [2.24, 2.45) is 5.10 Å². The molecular formula is C14H22N2OS. The maximum absolute atomic E-state index is 11.5. The number of aryl methyl sites for hydroxylation is 1. The molecule has 100 valence electrons. The Labute approximate surface area is 113 Å². The molecule has 1 rings (SSSR count). The Morgan fingerprint density at radius 2 is 2.11 bits per heavy atom. The number of unbranched alkanes of at least 4 members (excludes halogenated alkanes) is 2. The van der Waals surface area contributed by atoms with E-state index < -0.39 is 0 Å². The maximum Gasteiger partial charge on any atom is 0.240 e. The predicted octanol–water partition coefficient (Wildman–Crippen LogP) is 3.73. The number of hydrogen-bond donors (Lipinski definition) is 1. The minimum absolute atomic E-state index is 0.00933. The molecule has 0 aromatic carbocycles. The molecule has 4 heteroatoms. The number of nitrogens with one attached hydrogen (secondary N) is 1. The number of hydrogen-bond acceptors (Lipinski definition) is 3. The molecule has 0 aliphatic rings. The van der Waals surface area contributed by atoms with E-state index in [0.29, 0.717) is 6.42 Å². The van der Waals surface area contributed by atoms with Gasteiger partial charge in [-0.25, -0.2) is 5.43 Å². The third-order valence-electron chi connectivity index (χ3n) is 2.72. The topological polar surface area (TPSA) is 41.5 Å². The Morgan fingerprint density at radius 3 is 2.72 bits per heavy atom. The summed E-state index contributed by atoms with van der Waals surface area (Å²) in [5.41, 5.74) is 3.50. The van der Waals surface area contributed by atoms with Gasteiger partial charge in [0.05, 0.1) is 10.6 Å². The molecule has 0 saturated carbocycles. The lowest BCUT2D eigenvalue weighted by Crippen LogP contribution is -2.18. The second-order valence-electron chi connectivity index (χ2n) is 4.31. The highest BCUT2D eigenvalue weighted by atomic mass is 32.1. The summed E-state index contributed by atoms with van der Waals surface area (Å²) in [4.78, 5) is 14.0. The fourth-order valence-electron chi connectivity index (χ4n) is 1.56. The minimum atomic E-state index is 0.00933.